The number of aromatic nitrogens is 5. The van der Waals surface area contributed by atoms with Crippen molar-refractivity contribution in [3.05, 3.63) is 11.1 Å². The van der Waals surface area contributed by atoms with Gasteiger partial charge in [0.15, 0.2) is 10.8 Å². The summed E-state index contributed by atoms with van der Waals surface area (Å²) in [4.78, 5) is 60.6. The first-order valence-electron chi connectivity index (χ1n) is 11.3. The molecule has 17 nitrogen and oxygen atoms in total. The van der Waals surface area contributed by atoms with Crippen LogP contribution in [0.15, 0.2) is 15.7 Å². The topological polar surface area (TPSA) is 263 Å². The van der Waals surface area contributed by atoms with Crippen LogP contribution in [-0.2, 0) is 24.0 Å². The lowest BCUT2D eigenvalue weighted by atomic mass is 9.82. The van der Waals surface area contributed by atoms with Gasteiger partial charge in [-0.15, -0.1) is 33.3 Å². The van der Waals surface area contributed by atoms with Crippen molar-refractivity contribution in [2.75, 3.05) is 18.0 Å². The number of carboxylic acids is 2. The third-order valence-electron chi connectivity index (χ3n) is 6.14. The summed E-state index contributed by atoms with van der Waals surface area (Å²) in [5, 5.41) is 48.8. The molecule has 2 fully saturated rings. The fraction of sp³-hybridized carbons (Fsp3) is 0.500. The molecule has 3 unspecified atom stereocenters. The zero-order chi connectivity index (χ0) is 29.2. The Bertz CT molecular complexity index is 1390. The summed E-state index contributed by atoms with van der Waals surface area (Å²) >= 11 is 3.14. The summed E-state index contributed by atoms with van der Waals surface area (Å²) in [6, 6.07) is 0.960. The summed E-state index contributed by atoms with van der Waals surface area (Å²) < 4.78 is 0. The molecule has 6 N–H and O–H groups in total. The van der Waals surface area contributed by atoms with Gasteiger partial charge < -0.3 is 31.0 Å². The Labute approximate surface area is 237 Å². The number of oxime groups is 1. The van der Waals surface area contributed by atoms with E-state index in [2.05, 4.69) is 36.1 Å². The number of aliphatic carboxylic acids is 2. The van der Waals surface area contributed by atoms with Crippen molar-refractivity contribution in [2.24, 2.45) is 10.6 Å². The second-order valence-electron chi connectivity index (χ2n) is 9.16. The number of nitrogens with one attached hydrogen (secondary N) is 2. The first-order chi connectivity index (χ1) is 18.9. The number of rotatable bonds is 11. The number of tetrazole rings is 1. The number of hydrogen-bond acceptors (Lipinski definition) is 15. The second kappa shape index (κ2) is 11.3. The zero-order valence-corrected chi connectivity index (χ0v) is 23.2. The molecule has 0 saturated carbocycles. The average molecular weight is 611 g/mol. The minimum absolute atomic E-state index is 0.0174. The molecule has 212 valence electrons. The number of fused-ring (bicyclic) bond motifs is 1. The van der Waals surface area contributed by atoms with Crippen LogP contribution in [0.5, 0.6) is 0 Å². The van der Waals surface area contributed by atoms with Crippen molar-refractivity contribution < 1.29 is 34.2 Å². The molecule has 4 heterocycles. The molecular weight excluding hydrogens is 588 g/mol. The van der Waals surface area contributed by atoms with Crippen LogP contribution >= 0.6 is 34.9 Å². The Morgan fingerprint density at radius 3 is 2.80 bits per heavy atom. The van der Waals surface area contributed by atoms with E-state index in [1.54, 1.807) is 0 Å². The van der Waals surface area contributed by atoms with Gasteiger partial charge in [0.2, 0.25) is 16.7 Å². The van der Waals surface area contributed by atoms with E-state index in [0.29, 0.717) is 0 Å². The quantitative estimate of drug-likeness (QED) is 0.0917. The number of carbonyl (C=O) groups is 4. The molecule has 0 bridgehead atoms. The molecular formula is C20H22N10O7S3. The van der Waals surface area contributed by atoms with Crippen LogP contribution in [-0.4, -0.2) is 105 Å². The number of nitrogens with two attached hydrogens (primary N) is 1. The molecule has 20 heteroatoms. The molecule has 40 heavy (non-hydrogen) atoms. The second-order valence-corrected chi connectivity index (χ2v) is 12.3. The fourth-order valence-electron chi connectivity index (χ4n) is 3.83. The van der Waals surface area contributed by atoms with Gasteiger partial charge >= 0.3 is 11.9 Å². The number of aromatic amines is 1. The summed E-state index contributed by atoms with van der Waals surface area (Å²) in [5.41, 5.74) is 2.03. The van der Waals surface area contributed by atoms with Gasteiger partial charge in [-0.05, 0) is 19.1 Å². The van der Waals surface area contributed by atoms with Crippen molar-refractivity contribution in [1.29, 1.82) is 5.26 Å². The Kier molecular flexibility index (Phi) is 8.18. The fourth-order valence-corrected chi connectivity index (χ4v) is 7.18. The first kappa shape index (κ1) is 29.0. The highest BCUT2D eigenvalue weighted by atomic mass is 32.2. The standard InChI is InChI=1S/C20H22N10O7S3/c1-19(2,15(33)34)37-27-10(8-5-38-17(22)23-8)12(31)24-11-13(32)30-6-20(16(35)36,7-39-14(11)30)9(3-4-21)40-18-25-28-29-26-18/h5,9,11,14H,3,6-7H2,1-2H3,(H2,22,23)(H,24,31)(H,33,34)(H,35,36)(H,25,26,28,29)/t9?,11?,14-,20?/m1/s1. The van der Waals surface area contributed by atoms with Gasteiger partial charge in [0, 0.05) is 29.3 Å². The van der Waals surface area contributed by atoms with Crippen LogP contribution in [0.25, 0.3) is 0 Å². The van der Waals surface area contributed by atoms with Crippen LogP contribution in [0.4, 0.5) is 5.13 Å². The SMILES string of the molecule is CC(C)(ON=C(C(=O)NC1C(=O)N2CC(C(=O)O)(C(CC#N)Sc3nn[nH]n3)CS[C@H]12)c1csc(N)n1)C(=O)O. The van der Waals surface area contributed by atoms with Gasteiger partial charge in [-0.2, -0.15) is 10.5 Å². The number of amides is 2. The molecule has 4 rings (SSSR count). The number of thioether (sulfide) groups is 2. The van der Waals surface area contributed by atoms with Gasteiger partial charge in [-0.3, -0.25) is 14.4 Å². The molecule has 2 saturated heterocycles. The number of carboxylic acid groups (broad SMARTS) is 2. The van der Waals surface area contributed by atoms with Crippen LogP contribution in [0.3, 0.4) is 0 Å². The maximum atomic E-state index is 13.2. The summed E-state index contributed by atoms with van der Waals surface area (Å²) in [6.07, 6.45) is -0.151. The number of H-pyrrole nitrogens is 1. The normalized spacial score (nSPS) is 23.4. The van der Waals surface area contributed by atoms with Crippen molar-refractivity contribution in [3.63, 3.8) is 0 Å². The summed E-state index contributed by atoms with van der Waals surface area (Å²) in [5.74, 6) is -3.90. The predicted octanol–water partition coefficient (Wildman–Crippen LogP) is -0.632. The molecule has 2 aromatic heterocycles. The van der Waals surface area contributed by atoms with E-state index in [1.807, 2.05) is 6.07 Å². The van der Waals surface area contributed by atoms with Gasteiger partial charge in [0.1, 0.15) is 22.5 Å². The van der Waals surface area contributed by atoms with Crippen molar-refractivity contribution in [3.8, 4) is 6.07 Å². The molecule has 4 atom stereocenters. The highest BCUT2D eigenvalue weighted by molar-refractivity contribution is 8.01. The van der Waals surface area contributed by atoms with Crippen LogP contribution in [0.1, 0.15) is 26.0 Å². The average Bonchev–Trinajstić information content (AvgIpc) is 3.58. The maximum absolute atomic E-state index is 13.2. The number of β-lactam (4-membered cyclic amide) rings is 1. The molecule has 0 aliphatic carbocycles. The van der Waals surface area contributed by atoms with Crippen molar-refractivity contribution in [2.45, 2.75) is 47.7 Å². The number of carbonyl (C=O) groups excluding carboxylic acids is 2. The molecule has 0 radical (unpaired) electrons. The predicted molar refractivity (Wildman–Crippen MR) is 140 cm³/mol. The molecule has 2 amide bonds. The van der Waals surface area contributed by atoms with Gasteiger partial charge in [0.25, 0.3) is 5.91 Å². The molecule has 2 aliphatic heterocycles. The van der Waals surface area contributed by atoms with Crippen LogP contribution in [0, 0.1) is 16.7 Å². The molecule has 0 aromatic carbocycles. The van der Waals surface area contributed by atoms with E-state index in [0.717, 1.165) is 34.9 Å². The van der Waals surface area contributed by atoms with Crippen molar-refractivity contribution in [1.82, 2.24) is 35.8 Å². The van der Waals surface area contributed by atoms with E-state index in [-0.39, 0.29) is 40.4 Å². The molecule has 2 aliphatic rings. The van der Waals surface area contributed by atoms with Crippen LogP contribution < -0.4 is 11.1 Å². The summed E-state index contributed by atoms with van der Waals surface area (Å²) in [7, 11) is 0. The van der Waals surface area contributed by atoms with E-state index in [9.17, 15) is 34.7 Å². The minimum atomic E-state index is -1.77. The largest absolute Gasteiger partial charge is 0.481 e. The van der Waals surface area contributed by atoms with Gasteiger partial charge in [-0.1, -0.05) is 16.9 Å². The number of anilines is 1. The number of thiazole rings is 1. The summed E-state index contributed by atoms with van der Waals surface area (Å²) in [6.45, 7) is 2.27. The Morgan fingerprint density at radius 2 is 2.23 bits per heavy atom. The monoisotopic (exact) mass is 610 g/mol. The lowest BCUT2D eigenvalue weighted by Gasteiger charge is -2.55. The van der Waals surface area contributed by atoms with Crippen LogP contribution in [0.2, 0.25) is 0 Å². The number of nitrogen functional groups attached to an aromatic ring is 1. The first-order valence-corrected chi connectivity index (χ1v) is 14.1. The highest BCUT2D eigenvalue weighted by Crippen LogP contribution is 2.48. The van der Waals surface area contributed by atoms with E-state index in [1.165, 1.54) is 24.1 Å². The van der Waals surface area contributed by atoms with E-state index in [4.69, 9.17) is 10.6 Å². The smallest absolute Gasteiger partial charge is 0.350 e. The number of nitriles is 1. The van der Waals surface area contributed by atoms with E-state index < -0.39 is 51.4 Å². The number of hydrogen-bond donors (Lipinski definition) is 5. The number of nitrogens with zero attached hydrogens (tertiary/aromatic N) is 7. The molecule has 2 aromatic rings. The Hall–Kier alpha value is -3.96. The maximum Gasteiger partial charge on any atom is 0.350 e. The molecule has 0 spiro atoms. The Balaban J connectivity index is 1.52. The third kappa shape index (κ3) is 5.52. The Morgan fingerprint density at radius 1 is 1.48 bits per heavy atom. The lowest BCUT2D eigenvalue weighted by Crippen LogP contribution is -2.75. The highest BCUT2D eigenvalue weighted by Gasteiger charge is 2.60. The minimum Gasteiger partial charge on any atom is -0.481 e. The van der Waals surface area contributed by atoms with Gasteiger partial charge in [0.05, 0.1) is 6.07 Å². The zero-order valence-electron chi connectivity index (χ0n) is 20.8. The van der Waals surface area contributed by atoms with Gasteiger partial charge in [-0.25, -0.2) is 9.78 Å². The van der Waals surface area contributed by atoms with E-state index >= 15 is 0 Å². The third-order valence-corrected chi connectivity index (χ3v) is 9.65. The van der Waals surface area contributed by atoms with Crippen molar-refractivity contribution >= 4 is 69.5 Å². The lowest BCUT2D eigenvalue weighted by molar-refractivity contribution is -0.161.